The SMILES string of the molecule is CCCCNc1ncc2c(n1)n(Cc1ccc(OC)cc1)c(=O)n2C1CCCC1. The normalized spacial score (nSPS) is 14.6. The van der Waals surface area contributed by atoms with Crippen molar-refractivity contribution < 1.29 is 4.74 Å². The van der Waals surface area contributed by atoms with Gasteiger partial charge >= 0.3 is 5.69 Å². The predicted octanol–water partition coefficient (Wildman–Crippen LogP) is 3.98. The van der Waals surface area contributed by atoms with Crippen molar-refractivity contribution in [3.05, 3.63) is 46.5 Å². The lowest BCUT2D eigenvalue weighted by Crippen LogP contribution is -2.27. The summed E-state index contributed by atoms with van der Waals surface area (Å²) >= 11 is 0. The van der Waals surface area contributed by atoms with Gasteiger partial charge in [-0.3, -0.25) is 9.13 Å². The van der Waals surface area contributed by atoms with Gasteiger partial charge in [-0.25, -0.2) is 9.78 Å². The Morgan fingerprint density at radius 3 is 2.66 bits per heavy atom. The number of imidazole rings is 1. The number of fused-ring (bicyclic) bond motifs is 1. The molecule has 4 rings (SSSR count). The lowest BCUT2D eigenvalue weighted by Gasteiger charge is -2.10. The van der Waals surface area contributed by atoms with Crippen LogP contribution in [-0.2, 0) is 6.54 Å². The van der Waals surface area contributed by atoms with E-state index in [4.69, 9.17) is 9.72 Å². The minimum Gasteiger partial charge on any atom is -0.497 e. The van der Waals surface area contributed by atoms with Crippen LogP contribution in [0, 0.1) is 0 Å². The quantitative estimate of drug-likeness (QED) is 0.584. The molecule has 0 amide bonds. The predicted molar refractivity (Wildman–Crippen MR) is 115 cm³/mol. The highest BCUT2D eigenvalue weighted by Gasteiger charge is 2.24. The van der Waals surface area contributed by atoms with Gasteiger partial charge in [0.15, 0.2) is 5.65 Å². The lowest BCUT2D eigenvalue weighted by molar-refractivity contribution is 0.414. The van der Waals surface area contributed by atoms with Gasteiger partial charge in [-0.05, 0) is 37.0 Å². The highest BCUT2D eigenvalue weighted by molar-refractivity contribution is 5.72. The van der Waals surface area contributed by atoms with Gasteiger partial charge in [0.1, 0.15) is 11.3 Å². The van der Waals surface area contributed by atoms with Crippen LogP contribution in [0.1, 0.15) is 57.1 Å². The molecule has 3 aromatic rings. The van der Waals surface area contributed by atoms with Gasteiger partial charge < -0.3 is 10.1 Å². The first-order valence-electron chi connectivity index (χ1n) is 10.6. The van der Waals surface area contributed by atoms with E-state index >= 15 is 0 Å². The van der Waals surface area contributed by atoms with E-state index in [1.807, 2.05) is 28.8 Å². The van der Waals surface area contributed by atoms with Gasteiger partial charge in [0.25, 0.3) is 0 Å². The van der Waals surface area contributed by atoms with Gasteiger partial charge in [0.2, 0.25) is 5.95 Å². The zero-order valence-corrected chi connectivity index (χ0v) is 17.2. The second-order valence-electron chi connectivity index (χ2n) is 7.71. The van der Waals surface area contributed by atoms with Gasteiger partial charge in [-0.15, -0.1) is 0 Å². The van der Waals surface area contributed by atoms with Crippen molar-refractivity contribution in [1.29, 1.82) is 0 Å². The maximum atomic E-state index is 13.4. The summed E-state index contributed by atoms with van der Waals surface area (Å²) in [6.07, 6.45) is 8.38. The van der Waals surface area contributed by atoms with Crippen LogP contribution >= 0.6 is 0 Å². The Morgan fingerprint density at radius 1 is 1.21 bits per heavy atom. The third kappa shape index (κ3) is 3.99. The second-order valence-corrected chi connectivity index (χ2v) is 7.71. The summed E-state index contributed by atoms with van der Waals surface area (Å²) in [5, 5.41) is 3.28. The number of hydrogen-bond donors (Lipinski definition) is 1. The molecule has 1 N–H and O–H groups in total. The molecule has 0 atom stereocenters. The van der Waals surface area contributed by atoms with E-state index in [0.717, 1.165) is 49.1 Å². The first-order chi connectivity index (χ1) is 14.2. The molecule has 0 radical (unpaired) electrons. The summed E-state index contributed by atoms with van der Waals surface area (Å²) in [4.78, 5) is 22.6. The second kappa shape index (κ2) is 8.68. The summed E-state index contributed by atoms with van der Waals surface area (Å²) in [6.45, 7) is 3.46. The molecule has 154 valence electrons. The summed E-state index contributed by atoms with van der Waals surface area (Å²) < 4.78 is 8.94. The number of methoxy groups -OCH3 is 1. The molecule has 0 saturated heterocycles. The van der Waals surface area contributed by atoms with Crippen LogP contribution < -0.4 is 15.7 Å². The van der Waals surface area contributed by atoms with Crippen LogP contribution in [0.2, 0.25) is 0 Å². The zero-order chi connectivity index (χ0) is 20.2. The van der Waals surface area contributed by atoms with Crippen LogP contribution in [0.25, 0.3) is 11.2 Å². The molecule has 0 aliphatic heterocycles. The smallest absolute Gasteiger partial charge is 0.330 e. The summed E-state index contributed by atoms with van der Waals surface area (Å²) in [5.74, 6) is 1.39. The van der Waals surface area contributed by atoms with Crippen molar-refractivity contribution in [2.24, 2.45) is 0 Å². The number of nitrogens with zero attached hydrogens (tertiary/aromatic N) is 4. The molecule has 1 aromatic carbocycles. The van der Waals surface area contributed by atoms with E-state index in [9.17, 15) is 4.79 Å². The van der Waals surface area contributed by atoms with Crippen molar-refractivity contribution >= 4 is 17.1 Å². The van der Waals surface area contributed by atoms with Gasteiger partial charge in [-0.2, -0.15) is 4.98 Å². The molecule has 1 aliphatic rings. The highest BCUT2D eigenvalue weighted by atomic mass is 16.5. The standard InChI is InChI=1S/C22H29N5O2/c1-3-4-13-23-21-24-14-19-20(25-21)26(15-16-9-11-18(29-2)12-10-16)22(28)27(19)17-7-5-6-8-17/h9-12,14,17H,3-8,13,15H2,1-2H3,(H,23,24,25). The average molecular weight is 396 g/mol. The molecule has 0 unspecified atom stereocenters. The first kappa shape index (κ1) is 19.5. The minimum absolute atomic E-state index is 0.00252. The Morgan fingerprint density at radius 2 is 1.97 bits per heavy atom. The van der Waals surface area contributed by atoms with E-state index in [-0.39, 0.29) is 11.7 Å². The van der Waals surface area contributed by atoms with E-state index in [1.165, 1.54) is 12.8 Å². The number of rotatable bonds is 8. The molecular weight excluding hydrogens is 366 g/mol. The van der Waals surface area contributed by atoms with Crippen molar-refractivity contribution in [2.75, 3.05) is 19.0 Å². The van der Waals surface area contributed by atoms with E-state index in [2.05, 4.69) is 17.2 Å². The summed E-state index contributed by atoms with van der Waals surface area (Å²) in [6, 6.07) is 8.06. The summed E-state index contributed by atoms with van der Waals surface area (Å²) in [7, 11) is 1.65. The number of ether oxygens (including phenoxy) is 1. The molecule has 1 aliphatic carbocycles. The van der Waals surface area contributed by atoms with E-state index in [1.54, 1.807) is 17.9 Å². The fraction of sp³-hybridized carbons (Fsp3) is 0.500. The van der Waals surface area contributed by atoms with Gasteiger partial charge in [-0.1, -0.05) is 38.3 Å². The third-order valence-electron chi connectivity index (χ3n) is 5.71. The molecule has 7 nitrogen and oxygen atoms in total. The Labute approximate surface area is 170 Å². The van der Waals surface area contributed by atoms with Crippen LogP contribution in [0.5, 0.6) is 5.75 Å². The molecular formula is C22H29N5O2. The number of hydrogen-bond acceptors (Lipinski definition) is 5. The fourth-order valence-corrected chi connectivity index (χ4v) is 4.09. The number of aromatic nitrogens is 4. The molecule has 0 bridgehead atoms. The Balaban J connectivity index is 1.75. The Kier molecular flexibility index (Phi) is 5.83. The van der Waals surface area contributed by atoms with Crippen molar-refractivity contribution in [3.8, 4) is 5.75 Å². The topological polar surface area (TPSA) is 74.0 Å². The van der Waals surface area contributed by atoms with Crippen LogP contribution in [-0.4, -0.2) is 32.8 Å². The minimum atomic E-state index is 0.00252. The molecule has 1 saturated carbocycles. The number of anilines is 1. The largest absolute Gasteiger partial charge is 0.497 e. The van der Waals surface area contributed by atoms with Crippen molar-refractivity contribution in [2.45, 2.75) is 58.0 Å². The van der Waals surface area contributed by atoms with Crippen LogP contribution in [0.4, 0.5) is 5.95 Å². The average Bonchev–Trinajstić information content (AvgIpc) is 3.36. The maximum Gasteiger partial charge on any atom is 0.330 e. The first-order valence-corrected chi connectivity index (χ1v) is 10.6. The maximum absolute atomic E-state index is 13.4. The zero-order valence-electron chi connectivity index (χ0n) is 17.2. The number of unbranched alkanes of at least 4 members (excludes halogenated alkanes) is 1. The lowest BCUT2D eigenvalue weighted by atomic mass is 10.2. The highest BCUT2D eigenvalue weighted by Crippen LogP contribution is 2.31. The van der Waals surface area contributed by atoms with Crippen molar-refractivity contribution in [1.82, 2.24) is 19.1 Å². The van der Waals surface area contributed by atoms with Crippen LogP contribution in [0.15, 0.2) is 35.3 Å². The summed E-state index contributed by atoms with van der Waals surface area (Å²) in [5.41, 5.74) is 2.57. The Bertz CT molecular complexity index is 1020. The number of nitrogens with one attached hydrogen (secondary N) is 1. The van der Waals surface area contributed by atoms with Gasteiger partial charge in [0.05, 0.1) is 19.9 Å². The van der Waals surface area contributed by atoms with Crippen LogP contribution in [0.3, 0.4) is 0 Å². The molecule has 1 fully saturated rings. The molecule has 0 spiro atoms. The molecule has 7 heteroatoms. The Hall–Kier alpha value is -2.83. The van der Waals surface area contributed by atoms with Gasteiger partial charge in [0, 0.05) is 12.6 Å². The molecule has 2 aromatic heterocycles. The monoisotopic (exact) mass is 395 g/mol. The fourth-order valence-electron chi connectivity index (χ4n) is 4.09. The van der Waals surface area contributed by atoms with E-state index in [0.29, 0.717) is 18.1 Å². The number of benzene rings is 1. The van der Waals surface area contributed by atoms with E-state index < -0.39 is 0 Å². The molecule has 29 heavy (non-hydrogen) atoms. The third-order valence-corrected chi connectivity index (χ3v) is 5.71. The van der Waals surface area contributed by atoms with Crippen molar-refractivity contribution in [3.63, 3.8) is 0 Å². The molecule has 2 heterocycles.